The van der Waals surface area contributed by atoms with Crippen molar-refractivity contribution >= 4 is 46.1 Å². The Morgan fingerprint density at radius 2 is 2.56 bits per heavy atom. The molecular formula is C5H8INS2. The summed E-state index contributed by atoms with van der Waals surface area (Å²) in [7, 11) is 0. The van der Waals surface area contributed by atoms with E-state index >= 15 is 0 Å². The van der Waals surface area contributed by atoms with Gasteiger partial charge in [0.15, 0.2) is 0 Å². The molecule has 0 atom stereocenters. The molecule has 0 unspecified atom stereocenters. The fourth-order valence-electron chi connectivity index (χ4n) is 0.632. The quantitative estimate of drug-likeness (QED) is 0.618. The lowest BCUT2D eigenvalue weighted by molar-refractivity contribution is 1.11. The smallest absolute Gasteiger partial charge is 0.0597 e. The van der Waals surface area contributed by atoms with Crippen molar-refractivity contribution in [3.8, 4) is 0 Å². The van der Waals surface area contributed by atoms with E-state index in [4.69, 9.17) is 5.73 Å². The minimum absolute atomic E-state index is 1.09. The molecule has 0 aromatic rings. The fourth-order valence-corrected chi connectivity index (χ4v) is 4.14. The first-order valence-corrected chi connectivity index (χ1v) is 6.14. The second kappa shape index (κ2) is 3.98. The van der Waals surface area contributed by atoms with Crippen molar-refractivity contribution in [2.24, 2.45) is 5.73 Å². The molecule has 0 saturated heterocycles. The van der Waals surface area contributed by atoms with Crippen molar-refractivity contribution in [3.63, 3.8) is 0 Å². The molecule has 4 heteroatoms. The molecule has 52 valence electrons. The van der Waals surface area contributed by atoms with E-state index in [-0.39, 0.29) is 0 Å². The SMILES string of the molecule is NC1=C(SCI)SCC1. The molecule has 0 bridgehead atoms. The van der Waals surface area contributed by atoms with Crippen molar-refractivity contribution < 1.29 is 0 Å². The zero-order valence-corrected chi connectivity index (χ0v) is 8.68. The third-order valence-corrected chi connectivity index (χ3v) is 4.26. The maximum Gasteiger partial charge on any atom is 0.0597 e. The second-order valence-electron chi connectivity index (χ2n) is 1.66. The molecule has 0 spiro atoms. The van der Waals surface area contributed by atoms with E-state index in [9.17, 15) is 0 Å². The molecule has 1 rings (SSSR count). The summed E-state index contributed by atoms with van der Waals surface area (Å²) < 4.78 is 2.46. The first-order chi connectivity index (χ1) is 4.34. The summed E-state index contributed by atoms with van der Waals surface area (Å²) in [5.41, 5.74) is 6.80. The highest BCUT2D eigenvalue weighted by Crippen LogP contribution is 2.37. The number of nitrogens with two attached hydrogens (primary N) is 1. The van der Waals surface area contributed by atoms with Crippen molar-refractivity contribution in [1.29, 1.82) is 0 Å². The van der Waals surface area contributed by atoms with E-state index < -0.39 is 0 Å². The highest BCUT2D eigenvalue weighted by atomic mass is 127. The lowest BCUT2D eigenvalue weighted by atomic mass is 10.4. The van der Waals surface area contributed by atoms with Gasteiger partial charge in [-0.2, -0.15) is 0 Å². The topological polar surface area (TPSA) is 26.0 Å². The van der Waals surface area contributed by atoms with Crippen LogP contribution in [-0.4, -0.2) is 9.51 Å². The average molecular weight is 273 g/mol. The van der Waals surface area contributed by atoms with Gasteiger partial charge in [0.25, 0.3) is 0 Å². The largest absolute Gasteiger partial charge is 0.401 e. The number of thioether (sulfide) groups is 2. The highest BCUT2D eigenvalue weighted by molar-refractivity contribution is 14.1. The van der Waals surface area contributed by atoms with Gasteiger partial charge in [-0.3, -0.25) is 0 Å². The summed E-state index contributed by atoms with van der Waals surface area (Å²) in [6.45, 7) is 0. The molecule has 2 N–H and O–H groups in total. The third kappa shape index (κ3) is 2.23. The first kappa shape index (κ1) is 8.07. The summed E-state index contributed by atoms with van der Waals surface area (Å²) in [5, 5.41) is 0. The molecule has 1 aliphatic heterocycles. The first-order valence-electron chi connectivity index (χ1n) is 2.65. The van der Waals surface area contributed by atoms with Crippen molar-refractivity contribution in [2.75, 3.05) is 9.51 Å². The van der Waals surface area contributed by atoms with Gasteiger partial charge in [0.05, 0.1) is 8.00 Å². The predicted molar refractivity (Wildman–Crippen MR) is 54.8 cm³/mol. The van der Waals surface area contributed by atoms with Gasteiger partial charge in [-0.1, -0.05) is 22.6 Å². The molecule has 0 fully saturated rings. The van der Waals surface area contributed by atoms with Crippen LogP contribution in [0.1, 0.15) is 6.42 Å². The Morgan fingerprint density at radius 3 is 3.00 bits per heavy atom. The summed E-state index contributed by atoms with van der Waals surface area (Å²) in [6.07, 6.45) is 1.09. The van der Waals surface area contributed by atoms with Crippen LogP contribution >= 0.6 is 46.1 Å². The summed E-state index contributed by atoms with van der Waals surface area (Å²) in [6, 6.07) is 0. The molecule has 1 nitrogen and oxygen atoms in total. The number of allylic oxidation sites excluding steroid dienone is 1. The van der Waals surface area contributed by atoms with Gasteiger partial charge < -0.3 is 5.73 Å². The molecule has 0 radical (unpaired) electrons. The van der Waals surface area contributed by atoms with Gasteiger partial charge >= 0.3 is 0 Å². The van der Waals surface area contributed by atoms with E-state index in [0.29, 0.717) is 0 Å². The van der Waals surface area contributed by atoms with E-state index in [1.807, 2.05) is 23.5 Å². The van der Waals surface area contributed by atoms with Crippen molar-refractivity contribution in [2.45, 2.75) is 6.42 Å². The van der Waals surface area contributed by atoms with E-state index in [1.54, 1.807) is 0 Å². The molecule has 1 heterocycles. The number of hydrogen-bond donors (Lipinski definition) is 1. The van der Waals surface area contributed by atoms with Crippen molar-refractivity contribution in [3.05, 3.63) is 9.93 Å². The monoisotopic (exact) mass is 273 g/mol. The van der Waals surface area contributed by atoms with Crippen LogP contribution in [-0.2, 0) is 0 Å². The van der Waals surface area contributed by atoms with Crippen molar-refractivity contribution in [1.82, 2.24) is 0 Å². The normalized spacial score (nSPS) is 19.2. The Bertz CT molecular complexity index is 135. The van der Waals surface area contributed by atoms with Gasteiger partial charge in [0.1, 0.15) is 0 Å². The Hall–Kier alpha value is 0.970. The predicted octanol–water partition coefficient (Wildman–Crippen LogP) is 2.38. The molecule has 9 heavy (non-hydrogen) atoms. The van der Waals surface area contributed by atoms with Crippen LogP contribution in [0.3, 0.4) is 0 Å². The lowest BCUT2D eigenvalue weighted by Crippen LogP contribution is -1.93. The Labute approximate surface area is 77.4 Å². The molecule has 1 aliphatic rings. The van der Waals surface area contributed by atoms with Gasteiger partial charge in [0, 0.05) is 11.4 Å². The summed E-state index contributed by atoms with van der Waals surface area (Å²) in [5.74, 6) is 1.19. The summed E-state index contributed by atoms with van der Waals surface area (Å²) >= 11 is 6.09. The van der Waals surface area contributed by atoms with E-state index in [2.05, 4.69) is 22.6 Å². The van der Waals surface area contributed by atoms with Crippen LogP contribution in [0, 0.1) is 0 Å². The minimum Gasteiger partial charge on any atom is -0.401 e. The minimum atomic E-state index is 1.09. The van der Waals surface area contributed by atoms with E-state index in [1.165, 1.54) is 9.99 Å². The Morgan fingerprint density at radius 1 is 1.78 bits per heavy atom. The number of rotatable bonds is 2. The highest BCUT2D eigenvalue weighted by Gasteiger charge is 2.11. The van der Waals surface area contributed by atoms with Crippen LogP contribution in [0.25, 0.3) is 0 Å². The fraction of sp³-hybridized carbons (Fsp3) is 0.600. The maximum atomic E-state index is 5.70. The van der Waals surface area contributed by atoms with Crippen LogP contribution < -0.4 is 5.73 Å². The Kier molecular flexibility index (Phi) is 3.57. The van der Waals surface area contributed by atoms with Gasteiger partial charge in [-0.25, -0.2) is 0 Å². The zero-order chi connectivity index (χ0) is 6.69. The number of hydrogen-bond acceptors (Lipinski definition) is 3. The summed E-state index contributed by atoms with van der Waals surface area (Å²) in [4.78, 5) is 0. The van der Waals surface area contributed by atoms with Gasteiger partial charge in [-0.15, -0.1) is 23.5 Å². The third-order valence-electron chi connectivity index (χ3n) is 1.05. The molecular weight excluding hydrogens is 265 g/mol. The zero-order valence-electron chi connectivity index (χ0n) is 4.89. The molecule has 0 aromatic heterocycles. The second-order valence-corrected chi connectivity index (χ2v) is 5.81. The molecule has 0 aromatic carbocycles. The van der Waals surface area contributed by atoms with Crippen LogP contribution in [0.5, 0.6) is 0 Å². The number of halogens is 1. The average Bonchev–Trinajstić information content (AvgIpc) is 2.18. The molecule has 0 saturated carbocycles. The standard InChI is InChI=1S/C5H8INS2/c6-3-9-5-4(7)1-2-8-5/h1-3,7H2. The number of alkyl halides is 1. The van der Waals surface area contributed by atoms with Crippen LogP contribution in [0.2, 0.25) is 0 Å². The van der Waals surface area contributed by atoms with Gasteiger partial charge in [-0.05, 0) is 6.42 Å². The Balaban J connectivity index is 2.45. The molecule has 0 amide bonds. The lowest BCUT2D eigenvalue weighted by Gasteiger charge is -1.96. The van der Waals surface area contributed by atoms with Crippen LogP contribution in [0.15, 0.2) is 9.93 Å². The van der Waals surface area contributed by atoms with Crippen LogP contribution in [0.4, 0.5) is 0 Å². The maximum absolute atomic E-state index is 5.70. The van der Waals surface area contributed by atoms with E-state index in [0.717, 1.165) is 15.9 Å². The molecule has 0 aliphatic carbocycles. The van der Waals surface area contributed by atoms with Gasteiger partial charge in [0.2, 0.25) is 0 Å².